The largest absolute Gasteiger partial charge is 0.444 e. The second-order valence-electron chi connectivity index (χ2n) is 7.24. The van der Waals surface area contributed by atoms with Crippen molar-refractivity contribution in [2.45, 2.75) is 32.4 Å². The van der Waals surface area contributed by atoms with E-state index in [1.54, 1.807) is 16.8 Å². The maximum atomic E-state index is 13.1. The summed E-state index contributed by atoms with van der Waals surface area (Å²) in [5.41, 5.74) is 2.44. The highest BCUT2D eigenvalue weighted by Crippen LogP contribution is 2.20. The van der Waals surface area contributed by atoms with Crippen molar-refractivity contribution >= 4 is 18.2 Å². The molecule has 8 heteroatoms. The topological polar surface area (TPSA) is 92.7 Å². The first-order valence-corrected chi connectivity index (χ1v) is 9.80. The molecule has 1 atom stereocenters. The lowest BCUT2D eigenvalue weighted by molar-refractivity contribution is -0.109. The molecule has 158 valence electrons. The smallest absolute Gasteiger partial charge is 0.412 e. The van der Waals surface area contributed by atoms with Crippen LogP contribution in [0.25, 0.3) is 0 Å². The molecule has 3 rings (SSSR count). The number of carbonyl (C=O) groups is 2. The number of pyridine rings is 1. The summed E-state index contributed by atoms with van der Waals surface area (Å²) >= 11 is 0. The lowest BCUT2D eigenvalue weighted by Gasteiger charge is -2.40. The van der Waals surface area contributed by atoms with Crippen LogP contribution in [-0.4, -0.2) is 36.3 Å². The predicted molar refractivity (Wildman–Crippen MR) is 115 cm³/mol. The highest BCUT2D eigenvalue weighted by molar-refractivity contribution is 5.84. The summed E-state index contributed by atoms with van der Waals surface area (Å²) in [6.07, 6.45) is 1.37. The summed E-state index contributed by atoms with van der Waals surface area (Å²) in [5, 5.41) is 7.15. The molecule has 0 bridgehead atoms. The number of aryl methyl sites for hydroxylation is 1. The van der Waals surface area contributed by atoms with E-state index in [2.05, 4.69) is 17.2 Å². The maximum Gasteiger partial charge on any atom is 0.412 e. The van der Waals surface area contributed by atoms with Gasteiger partial charge in [0.15, 0.2) is 0 Å². The van der Waals surface area contributed by atoms with Gasteiger partial charge in [-0.05, 0) is 37.5 Å². The summed E-state index contributed by atoms with van der Waals surface area (Å²) < 4.78 is 6.77. The van der Waals surface area contributed by atoms with E-state index in [4.69, 9.17) is 4.74 Å². The number of hydrogen-bond donors (Lipinski definition) is 2. The zero-order valence-corrected chi connectivity index (χ0v) is 17.0. The quantitative estimate of drug-likeness (QED) is 0.540. The Morgan fingerprint density at radius 3 is 2.77 bits per heavy atom. The molecule has 0 spiro atoms. The van der Waals surface area contributed by atoms with Crippen LogP contribution in [0.1, 0.15) is 24.1 Å². The number of anilines is 1. The fourth-order valence-corrected chi connectivity index (χ4v) is 3.52. The molecule has 0 saturated carbocycles. The molecule has 2 heterocycles. The number of amides is 2. The number of benzene rings is 1. The molecule has 1 aromatic heterocycles. The minimum atomic E-state index is -0.697. The minimum absolute atomic E-state index is 0.104. The molecule has 1 aliphatic heterocycles. The van der Waals surface area contributed by atoms with Crippen molar-refractivity contribution in [3.8, 4) is 0 Å². The fraction of sp³-hybridized carbons (Fsp3) is 0.318. The van der Waals surface area contributed by atoms with E-state index >= 15 is 0 Å². The molecule has 2 aromatic rings. The van der Waals surface area contributed by atoms with E-state index < -0.39 is 6.09 Å². The number of piperidine rings is 1. The SMILES string of the molecule is C=C1CCN(n2c(C)ccc(NC(=O)OCc3ccccc3)c2=O)C(CNC=O)C1. The number of aromatic nitrogens is 1. The normalized spacial score (nSPS) is 16.1. The van der Waals surface area contributed by atoms with E-state index in [0.717, 1.165) is 23.3 Å². The van der Waals surface area contributed by atoms with Crippen LogP contribution in [0.2, 0.25) is 0 Å². The standard InChI is InChI=1S/C22H26N4O4/c1-16-10-11-25(19(12-16)13-23-15-27)26-17(2)8-9-20(21(26)28)24-22(29)30-14-18-6-4-3-5-7-18/h3-9,15,19H,1,10-14H2,2H3,(H,23,27)(H,24,29). The lowest BCUT2D eigenvalue weighted by atomic mass is 9.99. The summed E-state index contributed by atoms with van der Waals surface area (Å²) in [6, 6.07) is 12.5. The van der Waals surface area contributed by atoms with Crippen LogP contribution in [-0.2, 0) is 16.1 Å². The Kier molecular flexibility index (Phi) is 6.90. The number of nitrogens with one attached hydrogen (secondary N) is 2. The van der Waals surface area contributed by atoms with Gasteiger partial charge in [-0.25, -0.2) is 9.47 Å². The molecule has 1 aromatic carbocycles. The van der Waals surface area contributed by atoms with Gasteiger partial charge in [0.05, 0.1) is 6.04 Å². The Morgan fingerprint density at radius 1 is 1.27 bits per heavy atom. The molecular weight excluding hydrogens is 384 g/mol. The van der Waals surface area contributed by atoms with Gasteiger partial charge in [0.2, 0.25) is 6.41 Å². The van der Waals surface area contributed by atoms with Crippen LogP contribution in [0.4, 0.5) is 10.5 Å². The molecule has 1 unspecified atom stereocenters. The Morgan fingerprint density at radius 2 is 2.03 bits per heavy atom. The predicted octanol–water partition coefficient (Wildman–Crippen LogP) is 2.31. The van der Waals surface area contributed by atoms with Gasteiger partial charge in [0.1, 0.15) is 12.3 Å². The zero-order chi connectivity index (χ0) is 21.5. The molecule has 8 nitrogen and oxygen atoms in total. The van der Waals surface area contributed by atoms with Crippen molar-refractivity contribution in [2.24, 2.45) is 0 Å². The highest BCUT2D eigenvalue weighted by atomic mass is 16.5. The Bertz CT molecular complexity index is 971. The fourth-order valence-electron chi connectivity index (χ4n) is 3.52. The van der Waals surface area contributed by atoms with E-state index in [1.165, 1.54) is 0 Å². The van der Waals surface area contributed by atoms with Crippen LogP contribution >= 0.6 is 0 Å². The molecule has 2 N–H and O–H groups in total. The number of ether oxygens (including phenoxy) is 1. The summed E-state index contributed by atoms with van der Waals surface area (Å²) in [7, 11) is 0. The highest BCUT2D eigenvalue weighted by Gasteiger charge is 2.27. The number of hydrogen-bond acceptors (Lipinski definition) is 5. The summed E-state index contributed by atoms with van der Waals surface area (Å²) in [6.45, 7) is 6.97. The van der Waals surface area contributed by atoms with Gasteiger partial charge in [0, 0.05) is 18.8 Å². The van der Waals surface area contributed by atoms with Gasteiger partial charge in [-0.15, -0.1) is 0 Å². The van der Waals surface area contributed by atoms with Crippen molar-refractivity contribution in [1.82, 2.24) is 9.99 Å². The third-order valence-corrected chi connectivity index (χ3v) is 5.03. The number of carbonyl (C=O) groups excluding carboxylic acids is 2. The monoisotopic (exact) mass is 410 g/mol. The summed E-state index contributed by atoms with van der Waals surface area (Å²) in [5.74, 6) is 0. The first kappa shape index (κ1) is 21.2. The van der Waals surface area contributed by atoms with Gasteiger partial charge in [0.25, 0.3) is 5.56 Å². The second-order valence-corrected chi connectivity index (χ2v) is 7.24. The number of rotatable bonds is 7. The van der Waals surface area contributed by atoms with Crippen molar-refractivity contribution in [2.75, 3.05) is 23.4 Å². The van der Waals surface area contributed by atoms with Crippen LogP contribution < -0.4 is 21.2 Å². The first-order valence-electron chi connectivity index (χ1n) is 9.80. The molecule has 2 amide bonds. The van der Waals surface area contributed by atoms with Crippen LogP contribution in [0.5, 0.6) is 0 Å². The second kappa shape index (κ2) is 9.78. The van der Waals surface area contributed by atoms with E-state index in [0.29, 0.717) is 25.9 Å². The Labute approximate surface area is 175 Å². The minimum Gasteiger partial charge on any atom is -0.444 e. The van der Waals surface area contributed by atoms with Crippen LogP contribution in [0.15, 0.2) is 59.4 Å². The molecule has 1 aliphatic rings. The molecule has 1 saturated heterocycles. The zero-order valence-electron chi connectivity index (χ0n) is 17.0. The van der Waals surface area contributed by atoms with Crippen molar-refractivity contribution in [3.05, 3.63) is 76.2 Å². The van der Waals surface area contributed by atoms with Gasteiger partial charge in [-0.1, -0.05) is 42.5 Å². The Balaban J connectivity index is 1.77. The lowest BCUT2D eigenvalue weighted by Crippen LogP contribution is -2.56. The van der Waals surface area contributed by atoms with Crippen LogP contribution in [0.3, 0.4) is 0 Å². The van der Waals surface area contributed by atoms with Crippen molar-refractivity contribution < 1.29 is 14.3 Å². The van der Waals surface area contributed by atoms with E-state index in [1.807, 2.05) is 42.3 Å². The first-order chi connectivity index (χ1) is 14.5. The average Bonchev–Trinajstić information content (AvgIpc) is 2.75. The molecule has 30 heavy (non-hydrogen) atoms. The molecule has 0 aliphatic carbocycles. The third-order valence-electron chi connectivity index (χ3n) is 5.03. The maximum absolute atomic E-state index is 13.1. The summed E-state index contributed by atoms with van der Waals surface area (Å²) in [4.78, 5) is 36.1. The number of nitrogens with zero attached hydrogens (tertiary/aromatic N) is 2. The third kappa shape index (κ3) is 5.08. The van der Waals surface area contributed by atoms with Gasteiger partial charge in [-0.3, -0.25) is 14.9 Å². The molecule has 0 radical (unpaired) electrons. The van der Waals surface area contributed by atoms with Gasteiger partial charge < -0.3 is 15.1 Å². The Hall–Kier alpha value is -3.55. The van der Waals surface area contributed by atoms with Gasteiger partial charge >= 0.3 is 6.09 Å². The van der Waals surface area contributed by atoms with E-state index in [-0.39, 0.29) is 23.9 Å². The van der Waals surface area contributed by atoms with Crippen LogP contribution in [0, 0.1) is 6.92 Å². The van der Waals surface area contributed by atoms with Gasteiger partial charge in [-0.2, -0.15) is 0 Å². The van der Waals surface area contributed by atoms with Crippen molar-refractivity contribution in [3.63, 3.8) is 0 Å². The molecule has 1 fully saturated rings. The molecular formula is C22H26N4O4. The van der Waals surface area contributed by atoms with Crippen molar-refractivity contribution in [1.29, 1.82) is 0 Å². The van der Waals surface area contributed by atoms with E-state index in [9.17, 15) is 14.4 Å². The average molecular weight is 410 g/mol.